The number of carbonyl (C=O) groups is 1. The van der Waals surface area contributed by atoms with Gasteiger partial charge >= 0.3 is 6.61 Å². The average Bonchev–Trinajstić information content (AvgIpc) is 3.11. The number of Topliss-reactive ketones (excluding diaryl/α,β-unsaturated/α-hetero) is 1. The molecule has 0 fully saturated rings. The number of ketones is 1. The molecule has 0 bridgehead atoms. The molecule has 6 nitrogen and oxygen atoms in total. The molecule has 0 radical (unpaired) electrons. The Kier molecular flexibility index (Phi) is 5.01. The van der Waals surface area contributed by atoms with Crippen LogP contribution in [0.15, 0.2) is 48.5 Å². The first-order valence-corrected chi connectivity index (χ1v) is 7.89. The Balaban J connectivity index is 1.75. The maximum atomic E-state index is 12.6. The summed E-state index contributed by atoms with van der Waals surface area (Å²) in [4.78, 5) is 13.8. The summed E-state index contributed by atoms with van der Waals surface area (Å²) in [6.07, 6.45) is 0. The molecule has 3 aromatic rings. The van der Waals surface area contributed by atoms with Crippen LogP contribution in [0.1, 0.15) is 28.9 Å². The first-order valence-electron chi connectivity index (χ1n) is 7.89. The van der Waals surface area contributed by atoms with Crippen molar-refractivity contribution in [2.24, 2.45) is 0 Å². The lowest BCUT2D eigenvalue weighted by Gasteiger charge is -2.09. The number of halogens is 2. The van der Waals surface area contributed by atoms with Gasteiger partial charge in [0.25, 0.3) is 0 Å². The van der Waals surface area contributed by atoms with Crippen LogP contribution in [0.5, 0.6) is 5.75 Å². The predicted molar refractivity (Wildman–Crippen MR) is 90.1 cm³/mol. The van der Waals surface area contributed by atoms with Gasteiger partial charge in [-0.25, -0.2) is 0 Å². The van der Waals surface area contributed by atoms with Crippen LogP contribution >= 0.6 is 0 Å². The number of hydrogen-bond donors (Lipinski definition) is 0. The zero-order valence-corrected chi connectivity index (χ0v) is 14.1. The second-order valence-corrected chi connectivity index (χ2v) is 5.74. The molecule has 0 N–H and O–H groups in total. The Bertz CT molecular complexity index is 892. The second-order valence-electron chi connectivity index (χ2n) is 5.74. The molecule has 1 atom stereocenters. The standard InChI is InChI=1S/C18H16F2N4O2/c1-11-3-5-14(6-4-11)17-21-23-24(22-17)12(2)16(25)13-7-9-15(10-8-13)26-18(19)20/h3-10,12,18H,1-2H3. The third-order valence-corrected chi connectivity index (χ3v) is 3.83. The molecule has 1 heterocycles. The van der Waals surface area contributed by atoms with Crippen LogP contribution in [-0.2, 0) is 0 Å². The highest BCUT2D eigenvalue weighted by molar-refractivity contribution is 5.98. The number of carbonyl (C=O) groups excluding carboxylic acids is 1. The summed E-state index contributed by atoms with van der Waals surface area (Å²) in [6.45, 7) is 0.717. The monoisotopic (exact) mass is 358 g/mol. The van der Waals surface area contributed by atoms with Crippen LogP contribution in [0.3, 0.4) is 0 Å². The Morgan fingerprint density at radius 1 is 1.08 bits per heavy atom. The SMILES string of the molecule is Cc1ccc(-c2nnn(C(C)C(=O)c3ccc(OC(F)F)cc3)n2)cc1. The molecule has 134 valence electrons. The maximum Gasteiger partial charge on any atom is 0.387 e. The second kappa shape index (κ2) is 7.38. The normalized spacial score (nSPS) is 12.2. The summed E-state index contributed by atoms with van der Waals surface area (Å²) in [6, 6.07) is 12.4. The fourth-order valence-electron chi connectivity index (χ4n) is 2.35. The van der Waals surface area contributed by atoms with E-state index in [0.29, 0.717) is 11.4 Å². The molecule has 0 aliphatic rings. The van der Waals surface area contributed by atoms with Crippen LogP contribution in [0.25, 0.3) is 11.4 Å². The van der Waals surface area contributed by atoms with Crippen molar-refractivity contribution in [2.45, 2.75) is 26.5 Å². The van der Waals surface area contributed by atoms with E-state index in [4.69, 9.17) is 0 Å². The van der Waals surface area contributed by atoms with Crippen molar-refractivity contribution < 1.29 is 18.3 Å². The molecule has 26 heavy (non-hydrogen) atoms. The van der Waals surface area contributed by atoms with Crippen molar-refractivity contribution in [1.29, 1.82) is 0 Å². The molecule has 0 saturated carbocycles. The summed E-state index contributed by atoms with van der Waals surface area (Å²) in [5.41, 5.74) is 2.26. The van der Waals surface area contributed by atoms with Gasteiger partial charge in [0.15, 0.2) is 5.78 Å². The quantitative estimate of drug-likeness (QED) is 0.629. The van der Waals surface area contributed by atoms with E-state index in [-0.39, 0.29) is 11.5 Å². The van der Waals surface area contributed by atoms with Gasteiger partial charge in [-0.15, -0.1) is 10.2 Å². The van der Waals surface area contributed by atoms with Crippen molar-refractivity contribution in [3.63, 3.8) is 0 Å². The van der Waals surface area contributed by atoms with Gasteiger partial charge in [0, 0.05) is 11.1 Å². The first-order chi connectivity index (χ1) is 12.4. The van der Waals surface area contributed by atoms with Crippen molar-refractivity contribution in [1.82, 2.24) is 20.2 Å². The van der Waals surface area contributed by atoms with Crippen LogP contribution < -0.4 is 4.74 Å². The van der Waals surface area contributed by atoms with Crippen molar-refractivity contribution in [3.8, 4) is 17.1 Å². The smallest absolute Gasteiger partial charge is 0.387 e. The van der Waals surface area contributed by atoms with Crippen LogP contribution in [-0.4, -0.2) is 32.6 Å². The number of rotatable bonds is 6. The van der Waals surface area contributed by atoms with Crippen molar-refractivity contribution in [2.75, 3.05) is 0 Å². The molecule has 0 aliphatic heterocycles. The van der Waals surface area contributed by atoms with Gasteiger partial charge in [-0.3, -0.25) is 4.79 Å². The van der Waals surface area contributed by atoms with Gasteiger partial charge in [-0.05, 0) is 43.3 Å². The summed E-state index contributed by atoms with van der Waals surface area (Å²) in [7, 11) is 0. The molecule has 0 spiro atoms. The fourth-order valence-corrected chi connectivity index (χ4v) is 2.35. The number of hydrogen-bond acceptors (Lipinski definition) is 5. The van der Waals surface area contributed by atoms with E-state index in [2.05, 4.69) is 20.1 Å². The number of nitrogens with zero attached hydrogens (tertiary/aromatic N) is 4. The minimum atomic E-state index is -2.91. The van der Waals surface area contributed by atoms with Gasteiger partial charge < -0.3 is 4.74 Å². The lowest BCUT2D eigenvalue weighted by Crippen LogP contribution is -2.19. The number of ether oxygens (including phenoxy) is 1. The summed E-state index contributed by atoms with van der Waals surface area (Å²) in [5.74, 6) is 0.150. The molecular weight excluding hydrogens is 342 g/mol. The third kappa shape index (κ3) is 3.90. The molecule has 2 aromatic carbocycles. The number of aromatic nitrogens is 4. The number of alkyl halides is 2. The van der Waals surface area contributed by atoms with Gasteiger partial charge in [0.05, 0.1) is 0 Å². The summed E-state index contributed by atoms with van der Waals surface area (Å²) < 4.78 is 28.6. The lowest BCUT2D eigenvalue weighted by molar-refractivity contribution is -0.0498. The molecule has 3 rings (SSSR count). The number of benzene rings is 2. The third-order valence-electron chi connectivity index (χ3n) is 3.83. The van der Waals surface area contributed by atoms with Crippen LogP contribution in [0.4, 0.5) is 8.78 Å². The van der Waals surface area contributed by atoms with Gasteiger partial charge in [0.2, 0.25) is 5.82 Å². The number of tetrazole rings is 1. The Morgan fingerprint density at radius 2 is 1.73 bits per heavy atom. The predicted octanol–water partition coefficient (Wildman–Crippen LogP) is 3.69. The Labute approximate surface area is 148 Å². The summed E-state index contributed by atoms with van der Waals surface area (Å²) in [5, 5.41) is 12.2. The Morgan fingerprint density at radius 3 is 2.35 bits per heavy atom. The van der Waals surface area contributed by atoms with Crippen LogP contribution in [0.2, 0.25) is 0 Å². The zero-order chi connectivity index (χ0) is 18.7. The van der Waals surface area contributed by atoms with Gasteiger partial charge in [-0.2, -0.15) is 13.6 Å². The maximum absolute atomic E-state index is 12.6. The van der Waals surface area contributed by atoms with E-state index in [1.165, 1.54) is 29.1 Å². The van der Waals surface area contributed by atoms with E-state index < -0.39 is 12.7 Å². The van der Waals surface area contributed by atoms with Crippen molar-refractivity contribution in [3.05, 3.63) is 59.7 Å². The number of aryl methyl sites for hydroxylation is 1. The molecule has 0 saturated heterocycles. The topological polar surface area (TPSA) is 69.9 Å². The van der Waals surface area contributed by atoms with E-state index in [1.807, 2.05) is 31.2 Å². The minimum absolute atomic E-state index is 0.00950. The van der Waals surface area contributed by atoms with Crippen LogP contribution in [0, 0.1) is 6.92 Å². The molecule has 1 aromatic heterocycles. The first kappa shape index (κ1) is 17.7. The van der Waals surface area contributed by atoms with E-state index in [9.17, 15) is 13.6 Å². The highest BCUT2D eigenvalue weighted by Crippen LogP contribution is 2.20. The molecular formula is C18H16F2N4O2. The molecule has 1 unspecified atom stereocenters. The van der Waals surface area contributed by atoms with Crippen molar-refractivity contribution >= 4 is 5.78 Å². The van der Waals surface area contributed by atoms with Gasteiger partial charge in [0.1, 0.15) is 11.8 Å². The lowest BCUT2D eigenvalue weighted by atomic mass is 10.1. The molecule has 8 heteroatoms. The van der Waals surface area contributed by atoms with E-state index >= 15 is 0 Å². The zero-order valence-electron chi connectivity index (χ0n) is 14.1. The fraction of sp³-hybridized carbons (Fsp3) is 0.222. The molecule has 0 aliphatic carbocycles. The highest BCUT2D eigenvalue weighted by Gasteiger charge is 2.20. The van der Waals surface area contributed by atoms with Gasteiger partial charge in [-0.1, -0.05) is 29.8 Å². The van der Waals surface area contributed by atoms with E-state index in [1.54, 1.807) is 6.92 Å². The van der Waals surface area contributed by atoms with E-state index in [0.717, 1.165) is 11.1 Å². The molecule has 0 amide bonds. The summed E-state index contributed by atoms with van der Waals surface area (Å²) >= 11 is 0. The minimum Gasteiger partial charge on any atom is -0.435 e. The average molecular weight is 358 g/mol. The largest absolute Gasteiger partial charge is 0.435 e. The Hall–Kier alpha value is -3.16. The highest BCUT2D eigenvalue weighted by atomic mass is 19.3.